The smallest absolute Gasteiger partial charge is 0.341 e. The predicted molar refractivity (Wildman–Crippen MR) is 124 cm³/mol. The lowest BCUT2D eigenvalue weighted by Gasteiger charge is -2.13. The summed E-state index contributed by atoms with van der Waals surface area (Å²) in [5.74, 6) is -0.834. The molecule has 0 bridgehead atoms. The van der Waals surface area contributed by atoms with E-state index in [9.17, 15) is 18.3 Å². The van der Waals surface area contributed by atoms with Crippen LogP contribution in [0.1, 0.15) is 17.2 Å². The summed E-state index contributed by atoms with van der Waals surface area (Å²) < 4.78 is 30.7. The standard InChI is InChI=1S/C24H24ClNO6S/c25-19-3-1-2-18(14-19)23(27)15-26-13-12-17-4-8-21(9-5-17)33(30,31)22-10-6-20(7-11-22)32-16-24(28)29/h1-11,14,23,26-27H,12-13,15-16H2,(H,28,29)/t23-/m1/s1. The zero-order chi connectivity index (χ0) is 23.8. The number of halogens is 1. The van der Waals surface area contributed by atoms with Crippen molar-refractivity contribution in [2.45, 2.75) is 22.3 Å². The second kappa shape index (κ2) is 11.3. The van der Waals surface area contributed by atoms with Crippen molar-refractivity contribution in [3.63, 3.8) is 0 Å². The Morgan fingerprint density at radius 3 is 2.24 bits per heavy atom. The molecule has 33 heavy (non-hydrogen) atoms. The first kappa shape index (κ1) is 24.7. The lowest BCUT2D eigenvalue weighted by atomic mass is 10.1. The first-order valence-electron chi connectivity index (χ1n) is 10.2. The predicted octanol–water partition coefficient (Wildman–Crippen LogP) is 3.50. The van der Waals surface area contributed by atoms with Crippen molar-refractivity contribution in [2.24, 2.45) is 0 Å². The minimum absolute atomic E-state index is 0.0922. The molecular weight excluding hydrogens is 466 g/mol. The number of hydrogen-bond acceptors (Lipinski definition) is 6. The van der Waals surface area contributed by atoms with E-state index in [1.165, 1.54) is 24.3 Å². The highest BCUT2D eigenvalue weighted by Crippen LogP contribution is 2.23. The number of carbonyl (C=O) groups is 1. The van der Waals surface area contributed by atoms with Crippen LogP contribution < -0.4 is 10.1 Å². The summed E-state index contributed by atoms with van der Waals surface area (Å²) >= 11 is 5.94. The van der Waals surface area contributed by atoms with E-state index in [4.69, 9.17) is 21.4 Å². The van der Waals surface area contributed by atoms with Crippen molar-refractivity contribution in [2.75, 3.05) is 19.7 Å². The molecule has 0 aromatic heterocycles. The Balaban J connectivity index is 1.53. The maximum atomic E-state index is 12.8. The lowest BCUT2D eigenvalue weighted by molar-refractivity contribution is -0.139. The van der Waals surface area contributed by atoms with Gasteiger partial charge < -0.3 is 20.3 Å². The monoisotopic (exact) mass is 489 g/mol. The third-order valence-electron chi connectivity index (χ3n) is 4.89. The molecule has 0 saturated carbocycles. The Labute approximate surface area is 197 Å². The van der Waals surface area contributed by atoms with Gasteiger partial charge in [-0.2, -0.15) is 0 Å². The largest absolute Gasteiger partial charge is 0.482 e. The second-order valence-electron chi connectivity index (χ2n) is 7.33. The summed E-state index contributed by atoms with van der Waals surface area (Å²) in [6, 6.07) is 19.3. The molecule has 0 aliphatic rings. The van der Waals surface area contributed by atoms with Crippen LogP contribution in [0.5, 0.6) is 5.75 Å². The highest BCUT2D eigenvalue weighted by atomic mass is 35.5. The molecule has 0 unspecified atom stereocenters. The fraction of sp³-hybridized carbons (Fsp3) is 0.208. The topological polar surface area (TPSA) is 113 Å². The van der Waals surface area contributed by atoms with Gasteiger partial charge in [-0.3, -0.25) is 0 Å². The highest BCUT2D eigenvalue weighted by molar-refractivity contribution is 7.91. The molecule has 7 nitrogen and oxygen atoms in total. The molecule has 0 radical (unpaired) electrons. The van der Waals surface area contributed by atoms with Crippen LogP contribution >= 0.6 is 11.6 Å². The number of nitrogens with one attached hydrogen (secondary N) is 1. The van der Waals surface area contributed by atoms with Crippen molar-refractivity contribution < 1.29 is 28.2 Å². The van der Waals surface area contributed by atoms with Crippen LogP contribution in [0, 0.1) is 0 Å². The molecule has 0 aliphatic heterocycles. The van der Waals surface area contributed by atoms with Crippen LogP contribution in [0.3, 0.4) is 0 Å². The first-order chi connectivity index (χ1) is 15.8. The number of benzene rings is 3. The van der Waals surface area contributed by atoms with Gasteiger partial charge in [0.2, 0.25) is 9.84 Å². The Hall–Kier alpha value is -2.91. The quantitative estimate of drug-likeness (QED) is 0.353. The summed E-state index contributed by atoms with van der Waals surface area (Å²) in [4.78, 5) is 10.8. The van der Waals surface area contributed by atoms with E-state index in [1.807, 2.05) is 6.07 Å². The fourth-order valence-corrected chi connectivity index (χ4v) is 4.59. The summed E-state index contributed by atoms with van der Waals surface area (Å²) in [7, 11) is -3.71. The van der Waals surface area contributed by atoms with Crippen LogP contribution in [0.2, 0.25) is 5.02 Å². The molecule has 3 N–H and O–H groups in total. The van der Waals surface area contributed by atoms with Crippen LogP contribution in [0.15, 0.2) is 82.6 Å². The van der Waals surface area contributed by atoms with Crippen LogP contribution in [-0.4, -0.2) is 44.3 Å². The maximum Gasteiger partial charge on any atom is 0.341 e. The number of ether oxygens (including phenoxy) is 1. The summed E-state index contributed by atoms with van der Waals surface area (Å²) in [6.45, 7) is 0.489. The molecule has 0 heterocycles. The van der Waals surface area contributed by atoms with Gasteiger partial charge in [0.1, 0.15) is 5.75 Å². The SMILES string of the molecule is O=C(O)COc1ccc(S(=O)(=O)c2ccc(CCNC[C@@H](O)c3cccc(Cl)c3)cc2)cc1. The van der Waals surface area contributed by atoms with Gasteiger partial charge in [0.25, 0.3) is 0 Å². The summed E-state index contributed by atoms with van der Waals surface area (Å²) in [6.07, 6.45) is -0.00443. The Kier molecular flexibility index (Phi) is 8.46. The minimum atomic E-state index is -3.71. The third-order valence-corrected chi connectivity index (χ3v) is 6.91. The highest BCUT2D eigenvalue weighted by Gasteiger charge is 2.17. The molecule has 0 fully saturated rings. The molecule has 1 atom stereocenters. The average molecular weight is 490 g/mol. The molecule has 0 saturated heterocycles. The van der Waals surface area contributed by atoms with E-state index in [2.05, 4.69) is 5.32 Å². The van der Waals surface area contributed by atoms with Crippen LogP contribution in [-0.2, 0) is 21.1 Å². The van der Waals surface area contributed by atoms with E-state index in [0.29, 0.717) is 24.5 Å². The van der Waals surface area contributed by atoms with E-state index in [-0.39, 0.29) is 15.5 Å². The van der Waals surface area contributed by atoms with Crippen molar-refractivity contribution >= 4 is 27.4 Å². The zero-order valence-electron chi connectivity index (χ0n) is 17.6. The van der Waals surface area contributed by atoms with E-state index >= 15 is 0 Å². The summed E-state index contributed by atoms with van der Waals surface area (Å²) in [5.41, 5.74) is 1.70. The Bertz CT molecular complexity index is 1180. The van der Waals surface area contributed by atoms with Crippen molar-refractivity contribution in [3.8, 4) is 5.75 Å². The lowest BCUT2D eigenvalue weighted by Crippen LogP contribution is -2.23. The van der Waals surface area contributed by atoms with Gasteiger partial charge in [-0.15, -0.1) is 0 Å². The number of carboxylic acids is 1. The Morgan fingerprint density at radius 1 is 1.00 bits per heavy atom. The Morgan fingerprint density at radius 2 is 1.64 bits per heavy atom. The van der Waals surface area contributed by atoms with Gasteiger partial charge >= 0.3 is 5.97 Å². The number of aliphatic carboxylic acids is 1. The van der Waals surface area contributed by atoms with Crippen LogP contribution in [0.4, 0.5) is 0 Å². The van der Waals surface area contributed by atoms with Crippen molar-refractivity contribution in [1.82, 2.24) is 5.32 Å². The third kappa shape index (κ3) is 7.03. The van der Waals surface area contributed by atoms with E-state index in [1.54, 1.807) is 42.5 Å². The average Bonchev–Trinajstić information content (AvgIpc) is 2.81. The molecule has 3 aromatic carbocycles. The number of rotatable bonds is 11. The van der Waals surface area contributed by atoms with Gasteiger partial charge in [0.15, 0.2) is 6.61 Å². The number of aliphatic hydroxyl groups excluding tert-OH is 1. The zero-order valence-corrected chi connectivity index (χ0v) is 19.2. The summed E-state index contributed by atoms with van der Waals surface area (Å²) in [5, 5.41) is 22.6. The molecule has 3 aromatic rings. The molecular formula is C24H24ClNO6S. The van der Waals surface area contributed by atoms with Gasteiger partial charge in [-0.25, -0.2) is 13.2 Å². The number of sulfone groups is 1. The van der Waals surface area contributed by atoms with Crippen LogP contribution in [0.25, 0.3) is 0 Å². The van der Waals surface area contributed by atoms with Gasteiger partial charge in [0, 0.05) is 11.6 Å². The number of carboxylic acid groups (broad SMARTS) is 1. The second-order valence-corrected chi connectivity index (χ2v) is 9.71. The molecule has 3 rings (SSSR count). The van der Waals surface area contributed by atoms with E-state index in [0.717, 1.165) is 11.1 Å². The molecule has 0 spiro atoms. The molecule has 0 aliphatic carbocycles. The normalized spacial score (nSPS) is 12.3. The maximum absolute atomic E-state index is 12.8. The van der Waals surface area contributed by atoms with Gasteiger partial charge in [-0.1, -0.05) is 35.9 Å². The van der Waals surface area contributed by atoms with E-state index < -0.39 is 28.5 Å². The van der Waals surface area contributed by atoms with Gasteiger partial charge in [0.05, 0.1) is 15.9 Å². The fourth-order valence-electron chi connectivity index (χ4n) is 3.13. The minimum Gasteiger partial charge on any atom is -0.482 e. The van der Waals surface area contributed by atoms with Crippen molar-refractivity contribution in [1.29, 1.82) is 0 Å². The molecule has 174 valence electrons. The molecule has 9 heteroatoms. The van der Waals surface area contributed by atoms with Gasteiger partial charge in [-0.05, 0) is 72.6 Å². The molecule has 0 amide bonds. The van der Waals surface area contributed by atoms with Crippen molar-refractivity contribution in [3.05, 3.63) is 88.9 Å². The number of aliphatic hydroxyl groups is 1. The number of hydrogen-bond donors (Lipinski definition) is 3. The first-order valence-corrected chi connectivity index (χ1v) is 12.0.